The second-order valence-corrected chi connectivity index (χ2v) is 34.0. The van der Waals surface area contributed by atoms with Crippen molar-refractivity contribution >= 4 is 88.4 Å². The molecule has 3 aliphatic rings. The Hall–Kier alpha value is -14.4. The van der Waals surface area contributed by atoms with Crippen LogP contribution in [0, 0.1) is 52.0 Å². The Morgan fingerprint density at radius 3 is 1.66 bits per heavy atom. The number of pyridine rings is 6. The largest absolute Gasteiger partial charge is 0.512 e. The predicted molar refractivity (Wildman–Crippen MR) is 553 cm³/mol. The van der Waals surface area contributed by atoms with Gasteiger partial charge in [-0.05, 0) is 199 Å². The molecule has 0 saturated carbocycles. The van der Waals surface area contributed by atoms with Gasteiger partial charge in [0.25, 0.3) is 5.65 Å². The molecule has 0 fully saturated rings. The fourth-order valence-corrected chi connectivity index (χ4v) is 17.6. The SMILES string of the molecule is C.C.CC(=O)C=C(C)O.CC(=O)C=C(C)O.CC1(C)c2ccc[c-]c2-c2nccc3cccc1c23.Cc1ccc(-c2[c-]cccc2)nc1.Cc1ccc2c(c1)c1cccc3c1c1n2c(-c2c(C)cccc2C)c[n+]1C3.FC(F)(F)c1c[c-]c(-c2ccc3ccccc3n2)cc1.[Ir].[Ir].[Ir].[c-]1ccccc1-c1nccc2ccccc12.c1ccc(N(c2ccccc2)c2cc[n+]3c(c2)-c2ccccc2C3)cc1. The third-order valence-corrected chi connectivity index (χ3v) is 23.7. The third kappa shape index (κ3) is 24.3. The molecule has 0 amide bonds. The number of nitrogens with zero attached hydrogens (tertiary/aromatic N) is 8. The Labute approximate surface area is 858 Å². The number of imidazole rings is 1. The van der Waals surface area contributed by atoms with Crippen LogP contribution in [0.15, 0.2) is 394 Å². The van der Waals surface area contributed by atoms with Crippen molar-refractivity contribution in [2.45, 2.75) is 109 Å². The second-order valence-electron chi connectivity index (χ2n) is 34.0. The van der Waals surface area contributed by atoms with Crippen molar-refractivity contribution in [3.05, 3.63) is 469 Å². The molecule has 3 radical (unpaired) electrons. The topological polar surface area (TPSA) is 142 Å². The number of ketones is 2. The van der Waals surface area contributed by atoms with Crippen LogP contribution in [0.2, 0.25) is 0 Å². The number of anilines is 3. The number of hydrogen-bond donors (Lipinski definition) is 2. The number of carbonyl (C=O) groups is 2. The van der Waals surface area contributed by atoms with Crippen LogP contribution < -0.4 is 14.0 Å². The van der Waals surface area contributed by atoms with E-state index in [4.69, 9.17) is 10.2 Å². The van der Waals surface area contributed by atoms with Crippen molar-refractivity contribution in [2.75, 3.05) is 4.90 Å². The average molecular weight is 2380 g/mol. The molecule has 12 nitrogen and oxygen atoms in total. The minimum Gasteiger partial charge on any atom is -0.512 e. The minimum atomic E-state index is -4.34. The number of aryl methyl sites for hydroxylation is 4. The van der Waals surface area contributed by atoms with Gasteiger partial charge in [0.15, 0.2) is 30.0 Å². The molecule has 1 aliphatic carbocycles. The Morgan fingerprint density at radius 2 is 1.02 bits per heavy atom. The Bertz CT molecular complexity index is 7690. The maximum atomic E-state index is 12.5. The molecule has 2 aliphatic heterocycles. The summed E-state index contributed by atoms with van der Waals surface area (Å²) in [7, 11) is 0. The van der Waals surface area contributed by atoms with E-state index in [-0.39, 0.29) is 104 Å². The first-order chi connectivity index (χ1) is 65.3. The fourth-order valence-electron chi connectivity index (χ4n) is 17.6. The zero-order valence-corrected chi connectivity index (χ0v) is 84.9. The van der Waals surface area contributed by atoms with Gasteiger partial charge in [-0.1, -0.05) is 216 Å². The number of hydrogen-bond acceptors (Lipinski definition) is 9. The summed E-state index contributed by atoms with van der Waals surface area (Å²) >= 11 is 0. The van der Waals surface area contributed by atoms with Crippen molar-refractivity contribution in [3.8, 4) is 67.5 Å². The quantitative estimate of drug-likeness (QED) is 0.0475. The number of aliphatic hydroxyl groups excluding tert-OH is 2. The van der Waals surface area contributed by atoms with Gasteiger partial charge in [-0.3, -0.25) is 14.6 Å². The molecular formula is C122H107F3Ir3N8O4-2. The number of rotatable bonds is 9. The third-order valence-electron chi connectivity index (χ3n) is 23.7. The van der Waals surface area contributed by atoms with Crippen molar-refractivity contribution in [3.63, 3.8) is 0 Å². The van der Waals surface area contributed by atoms with Gasteiger partial charge >= 0.3 is 6.18 Å². The van der Waals surface area contributed by atoms with E-state index < -0.39 is 11.7 Å². The molecule has 2 N–H and O–H groups in total. The molecule has 0 atom stereocenters. The van der Waals surface area contributed by atoms with Crippen molar-refractivity contribution in [2.24, 2.45) is 0 Å². The summed E-state index contributed by atoms with van der Waals surface area (Å²) in [6.07, 6.45) is 8.15. The summed E-state index contributed by atoms with van der Waals surface area (Å²) in [6, 6.07) is 126. The van der Waals surface area contributed by atoms with Crippen LogP contribution in [0.1, 0.15) is 106 Å². The van der Waals surface area contributed by atoms with Crippen LogP contribution in [0.3, 0.4) is 0 Å². The minimum absolute atomic E-state index is 0. The first-order valence-corrected chi connectivity index (χ1v) is 44.6. The number of carbonyl (C=O) groups excluding carboxylic acids is 2. The summed E-state index contributed by atoms with van der Waals surface area (Å²) in [4.78, 5) is 40.1. The van der Waals surface area contributed by atoms with Gasteiger partial charge in [-0.25, -0.2) is 4.57 Å². The number of fused-ring (bicyclic) bond motifs is 10. The molecule has 0 spiro atoms. The second kappa shape index (κ2) is 47.8. The van der Waals surface area contributed by atoms with Gasteiger partial charge in [-0.2, -0.15) is 22.1 Å². The summed E-state index contributed by atoms with van der Waals surface area (Å²) < 4.78 is 44.7. The van der Waals surface area contributed by atoms with E-state index in [1.807, 2.05) is 135 Å². The first kappa shape index (κ1) is 106. The number of halogens is 3. The molecule has 18 heteroatoms. The maximum absolute atomic E-state index is 12.5. The standard InChI is InChI=1S/C25H21N2.C24H19N2.C18H14N.C16H9F3N.C15H10N.C12H10N.2C5H8O2.2CH4.3Ir/c1-15-10-11-21-20(12-15)19-9-5-8-18-13-26-14-22(27(21)25(26)24(18)19)23-16(2)6-4-7-17(23)3;1-3-10-20(11-4-1)26(21-12-5-2-6-13-21)22-15-16-25-18-19-9-7-8-14-23(19)24(25)17-22;1-18(2)14-8-4-3-7-13(14)17-16-12(10-11-19-17)6-5-9-15(16)18;17-16(18,19)13-8-5-12(6-9-13)15-10-7-11-3-1-2-4-14(11)20-15;1-2-7-13(8-3-1)15-14-9-5-4-6-12(14)10-11-16-15;1-10-7-8-12(13-9-10)11-5-3-2-4-6-11;2*1-4(6)3-5(2)7;;;;;/h4-12,14H,13H2,1-3H3;1-17H,18H2;3-6,8-11H,1-2H3;1-5,7-10H;1-7,9-11H;2-5,7-9H,1H3;2*3,6H,1-2H3;2*1H4;;;/q2*+1;4*-1;;;;;;;. The molecule has 0 unspecified atom stereocenters. The van der Waals surface area contributed by atoms with Crippen LogP contribution in [-0.2, 0) is 94.6 Å². The number of para-hydroxylation sites is 3. The first-order valence-electron chi connectivity index (χ1n) is 44.6. The normalized spacial score (nSPS) is 11.7. The van der Waals surface area contributed by atoms with Crippen LogP contribution >= 0.6 is 0 Å². The number of aromatic nitrogens is 7. The molecule has 7 aromatic heterocycles. The van der Waals surface area contributed by atoms with Crippen LogP contribution in [0.5, 0.6) is 0 Å². The van der Waals surface area contributed by atoms with Crippen LogP contribution in [0.25, 0.3) is 127 Å². The number of allylic oxidation sites excluding steroid dienone is 4. The van der Waals surface area contributed by atoms with E-state index in [9.17, 15) is 22.8 Å². The Balaban J connectivity index is 0.000000157. The molecule has 20 aromatic rings. The van der Waals surface area contributed by atoms with E-state index in [2.05, 4.69) is 316 Å². The predicted octanol–water partition coefficient (Wildman–Crippen LogP) is 29.9. The monoisotopic (exact) mass is 2380 g/mol. The number of aliphatic hydroxyl groups is 2. The van der Waals surface area contributed by atoms with Crippen molar-refractivity contribution in [1.82, 2.24) is 24.3 Å². The van der Waals surface area contributed by atoms with Gasteiger partial charge in [0.1, 0.15) is 18.3 Å². The summed E-state index contributed by atoms with van der Waals surface area (Å²) in [5.41, 5.74) is 29.5. The molecule has 140 heavy (non-hydrogen) atoms. The van der Waals surface area contributed by atoms with E-state index in [0.29, 0.717) is 11.3 Å². The Kier molecular flexibility index (Phi) is 36.2. The van der Waals surface area contributed by atoms with Crippen LogP contribution in [0.4, 0.5) is 30.2 Å². The van der Waals surface area contributed by atoms with E-state index in [0.717, 1.165) is 81.3 Å². The fraction of sp³-hybridized carbons (Fsp3) is 0.131. The van der Waals surface area contributed by atoms with Gasteiger partial charge in [0.05, 0.1) is 33.7 Å². The maximum Gasteiger partial charge on any atom is 0.381 e. The zero-order valence-electron chi connectivity index (χ0n) is 77.7. The summed E-state index contributed by atoms with van der Waals surface area (Å²) in [5, 5.41) is 26.8. The van der Waals surface area contributed by atoms with Crippen LogP contribution in [-0.4, -0.2) is 46.1 Å². The zero-order chi connectivity index (χ0) is 94.4. The van der Waals surface area contributed by atoms with E-state index in [1.165, 1.54) is 167 Å². The van der Waals surface area contributed by atoms with Gasteiger partial charge in [0, 0.05) is 142 Å². The van der Waals surface area contributed by atoms with E-state index in [1.54, 1.807) is 6.07 Å². The van der Waals surface area contributed by atoms with Gasteiger partial charge < -0.3 is 30.1 Å². The molecule has 9 heterocycles. The molecule has 709 valence electrons. The summed E-state index contributed by atoms with van der Waals surface area (Å²) in [6.45, 7) is 20.8. The molecule has 0 saturated heterocycles. The van der Waals surface area contributed by atoms with Crippen molar-refractivity contribution in [1.29, 1.82) is 0 Å². The van der Waals surface area contributed by atoms with E-state index >= 15 is 0 Å². The molecule has 23 rings (SSSR count). The van der Waals surface area contributed by atoms with Crippen molar-refractivity contribution < 1.29 is 102 Å². The molecule has 0 bridgehead atoms. The smallest absolute Gasteiger partial charge is 0.381 e. The molecule has 13 aromatic carbocycles. The summed E-state index contributed by atoms with van der Waals surface area (Å²) in [5.74, 6) is -0.125. The van der Waals surface area contributed by atoms with Gasteiger partial charge in [-0.15, -0.1) is 137 Å². The average Bonchev–Trinajstić information content (AvgIpc) is 1.51. The molecular weight excluding hydrogens is 2280 g/mol. The Morgan fingerprint density at radius 1 is 0.464 bits per heavy atom. The van der Waals surface area contributed by atoms with Gasteiger partial charge in [0.2, 0.25) is 5.69 Å². The number of alkyl halides is 3. The number of benzene rings is 13.